The van der Waals surface area contributed by atoms with Crippen molar-refractivity contribution in [1.82, 2.24) is 19.6 Å². The highest BCUT2D eigenvalue weighted by Crippen LogP contribution is 2.34. The van der Waals surface area contributed by atoms with Crippen molar-refractivity contribution in [3.63, 3.8) is 0 Å². The van der Waals surface area contributed by atoms with Crippen LogP contribution in [-0.2, 0) is 12.4 Å². The summed E-state index contributed by atoms with van der Waals surface area (Å²) in [5.41, 5.74) is -0.380. The summed E-state index contributed by atoms with van der Waals surface area (Å²) >= 11 is 0. The van der Waals surface area contributed by atoms with Gasteiger partial charge in [-0.25, -0.2) is 9.50 Å². The molecular weight excluding hydrogens is 510 g/mol. The monoisotopic (exact) mass is 524 g/mol. The highest BCUT2D eigenvalue weighted by molar-refractivity contribution is 5.68. The van der Waals surface area contributed by atoms with Crippen molar-refractivity contribution in [2.45, 2.75) is 12.4 Å². The first-order valence-corrected chi connectivity index (χ1v) is 10.9. The van der Waals surface area contributed by atoms with Crippen LogP contribution >= 0.6 is 0 Å². The number of rotatable bonds is 2. The summed E-state index contributed by atoms with van der Waals surface area (Å²) in [5.74, 6) is 5.71. The van der Waals surface area contributed by atoms with Crippen LogP contribution in [0.15, 0.2) is 79.3 Å². The molecule has 0 saturated carbocycles. The van der Waals surface area contributed by atoms with Crippen molar-refractivity contribution in [2.24, 2.45) is 0 Å². The number of aromatic hydroxyl groups is 1. The molecule has 5 rings (SSSR count). The molecule has 0 aliphatic carbocycles. The van der Waals surface area contributed by atoms with Crippen molar-refractivity contribution >= 4 is 5.65 Å². The fourth-order valence-corrected chi connectivity index (χ4v) is 3.69. The van der Waals surface area contributed by atoms with Gasteiger partial charge in [0.1, 0.15) is 5.75 Å². The second-order valence-corrected chi connectivity index (χ2v) is 8.15. The fourth-order valence-electron chi connectivity index (χ4n) is 3.69. The lowest BCUT2D eigenvalue weighted by Gasteiger charge is -2.12. The Morgan fingerprint density at radius 1 is 0.711 bits per heavy atom. The highest BCUT2D eigenvalue weighted by Gasteiger charge is 2.36. The summed E-state index contributed by atoms with van der Waals surface area (Å²) in [6.45, 7) is 0. The number of nitrogens with zero attached hydrogens (tertiary/aromatic N) is 4. The molecule has 2 aromatic carbocycles. The first-order valence-electron chi connectivity index (χ1n) is 10.9. The van der Waals surface area contributed by atoms with Crippen molar-refractivity contribution in [1.29, 1.82) is 0 Å². The van der Waals surface area contributed by atoms with Gasteiger partial charge in [-0.15, -0.1) is 0 Å². The number of benzene rings is 2. The summed E-state index contributed by atoms with van der Waals surface area (Å²) in [5, 5.41) is 13.3. The molecule has 0 amide bonds. The van der Waals surface area contributed by atoms with Gasteiger partial charge in [0.15, 0.2) is 11.3 Å². The summed E-state index contributed by atoms with van der Waals surface area (Å²) in [7, 11) is 0. The van der Waals surface area contributed by atoms with Gasteiger partial charge in [-0.05, 0) is 42.0 Å². The lowest BCUT2D eigenvalue weighted by Crippen LogP contribution is -2.13. The smallest absolute Gasteiger partial charge is 0.433 e. The van der Waals surface area contributed by atoms with E-state index < -0.39 is 23.6 Å². The van der Waals surface area contributed by atoms with E-state index in [0.29, 0.717) is 15.6 Å². The summed E-state index contributed by atoms with van der Waals surface area (Å²) in [6, 6.07) is 12.6. The maximum Gasteiger partial charge on any atom is 0.433 e. The van der Waals surface area contributed by atoms with Crippen molar-refractivity contribution < 1.29 is 31.4 Å². The molecular formula is C27H14F6N4O. The van der Waals surface area contributed by atoms with Crippen LogP contribution in [0.2, 0.25) is 0 Å². The zero-order chi connectivity index (χ0) is 27.1. The third kappa shape index (κ3) is 5.01. The molecule has 190 valence electrons. The predicted octanol–water partition coefficient (Wildman–Crippen LogP) is 6.60. The van der Waals surface area contributed by atoms with Gasteiger partial charge >= 0.3 is 12.4 Å². The van der Waals surface area contributed by atoms with Crippen molar-refractivity contribution in [3.8, 4) is 40.0 Å². The molecule has 11 heteroatoms. The topological polar surface area (TPSA) is 63.3 Å². The Balaban J connectivity index is 1.57. The second-order valence-electron chi connectivity index (χ2n) is 8.15. The maximum absolute atomic E-state index is 13.8. The second kappa shape index (κ2) is 9.23. The molecule has 0 saturated heterocycles. The number of aromatic nitrogens is 4. The molecule has 0 fully saturated rings. The quantitative estimate of drug-likeness (QED) is 0.209. The van der Waals surface area contributed by atoms with Crippen molar-refractivity contribution in [3.05, 3.63) is 102 Å². The van der Waals surface area contributed by atoms with E-state index in [4.69, 9.17) is 0 Å². The van der Waals surface area contributed by atoms with Crippen LogP contribution in [0.25, 0.3) is 28.0 Å². The van der Waals surface area contributed by atoms with Gasteiger partial charge in [0, 0.05) is 29.1 Å². The Bertz CT molecular complexity index is 1690. The van der Waals surface area contributed by atoms with E-state index in [1.165, 1.54) is 18.3 Å². The SMILES string of the molecule is Oc1ccc(-c2cncc(C#Cc3cnn4c(C(F)(F)F)cc(-c5ccc(C(F)(F)F)cc5)nc34)c2)cc1. The van der Waals surface area contributed by atoms with E-state index >= 15 is 0 Å². The largest absolute Gasteiger partial charge is 0.508 e. The van der Waals surface area contributed by atoms with Crippen LogP contribution in [-0.4, -0.2) is 24.7 Å². The minimum absolute atomic E-state index is 0.0666. The molecule has 3 heterocycles. The zero-order valence-corrected chi connectivity index (χ0v) is 19.0. The standard InChI is InChI=1S/C27H14F6N4O/c28-26(29,30)21-7-3-18(4-8-21)23-12-24(27(31,32)33)37-25(36-23)19(15-35-37)2-1-16-11-20(14-34-13-16)17-5-9-22(38)10-6-17/h3-15,38H. The number of halogens is 6. The Labute approximate surface area is 211 Å². The Kier molecular flexibility index (Phi) is 6.03. The van der Waals surface area contributed by atoms with Crippen LogP contribution in [0, 0.1) is 11.8 Å². The number of fused-ring (bicyclic) bond motifs is 1. The van der Waals surface area contributed by atoms with Gasteiger partial charge in [-0.2, -0.15) is 31.4 Å². The molecule has 38 heavy (non-hydrogen) atoms. The predicted molar refractivity (Wildman–Crippen MR) is 126 cm³/mol. The van der Waals surface area contributed by atoms with Gasteiger partial charge in [0.25, 0.3) is 0 Å². The minimum atomic E-state index is -4.82. The van der Waals surface area contributed by atoms with Gasteiger partial charge in [-0.1, -0.05) is 36.1 Å². The molecule has 0 atom stereocenters. The number of hydrogen-bond donors (Lipinski definition) is 1. The van der Waals surface area contributed by atoms with Crippen LogP contribution in [0.1, 0.15) is 22.4 Å². The van der Waals surface area contributed by atoms with Gasteiger partial charge in [-0.3, -0.25) is 4.98 Å². The Morgan fingerprint density at radius 3 is 2.05 bits per heavy atom. The molecule has 5 aromatic rings. The first-order chi connectivity index (χ1) is 18.0. The van der Waals surface area contributed by atoms with Crippen LogP contribution in [0.4, 0.5) is 26.3 Å². The summed E-state index contributed by atoms with van der Waals surface area (Å²) < 4.78 is 80.8. The molecule has 0 unspecified atom stereocenters. The summed E-state index contributed by atoms with van der Waals surface area (Å²) in [4.78, 5) is 8.37. The third-order valence-corrected chi connectivity index (χ3v) is 5.55. The number of phenolic OH excluding ortho intramolecular Hbond substituents is 1. The van der Waals surface area contributed by atoms with E-state index in [1.54, 1.807) is 24.4 Å². The third-order valence-electron chi connectivity index (χ3n) is 5.55. The summed E-state index contributed by atoms with van der Waals surface area (Å²) in [6.07, 6.45) is -5.19. The van der Waals surface area contributed by atoms with Crippen LogP contribution < -0.4 is 0 Å². The lowest BCUT2D eigenvalue weighted by molar-refractivity contribution is -0.142. The zero-order valence-electron chi connectivity index (χ0n) is 19.0. The van der Waals surface area contributed by atoms with E-state index in [9.17, 15) is 31.4 Å². The van der Waals surface area contributed by atoms with E-state index in [0.717, 1.165) is 42.1 Å². The maximum atomic E-state index is 13.8. The number of hydrogen-bond acceptors (Lipinski definition) is 4. The molecule has 0 radical (unpaired) electrons. The average molecular weight is 524 g/mol. The van der Waals surface area contributed by atoms with Gasteiger partial charge in [0.2, 0.25) is 0 Å². The number of phenols is 1. The fraction of sp³-hybridized carbons (Fsp3) is 0.0741. The van der Waals surface area contributed by atoms with E-state index in [-0.39, 0.29) is 28.2 Å². The first kappa shape index (κ1) is 24.8. The van der Waals surface area contributed by atoms with Crippen molar-refractivity contribution in [2.75, 3.05) is 0 Å². The molecule has 0 aliphatic rings. The van der Waals surface area contributed by atoms with E-state index in [2.05, 4.69) is 26.9 Å². The molecule has 0 spiro atoms. The molecule has 5 nitrogen and oxygen atoms in total. The minimum Gasteiger partial charge on any atom is -0.508 e. The normalized spacial score (nSPS) is 11.8. The number of alkyl halides is 6. The number of pyridine rings is 1. The molecule has 0 aliphatic heterocycles. The Morgan fingerprint density at radius 2 is 1.39 bits per heavy atom. The van der Waals surface area contributed by atoms with E-state index in [1.807, 2.05) is 0 Å². The highest BCUT2D eigenvalue weighted by atomic mass is 19.4. The Hall–Kier alpha value is -4.85. The molecule has 1 N–H and O–H groups in total. The molecule has 3 aromatic heterocycles. The molecule has 0 bridgehead atoms. The van der Waals surface area contributed by atoms with Crippen LogP contribution in [0.5, 0.6) is 5.75 Å². The van der Waals surface area contributed by atoms with Gasteiger partial charge < -0.3 is 5.11 Å². The van der Waals surface area contributed by atoms with Gasteiger partial charge in [0.05, 0.1) is 23.0 Å². The van der Waals surface area contributed by atoms with Crippen LogP contribution in [0.3, 0.4) is 0 Å². The lowest BCUT2D eigenvalue weighted by atomic mass is 10.1. The average Bonchev–Trinajstić information content (AvgIpc) is 3.29.